The lowest BCUT2D eigenvalue weighted by atomic mass is 9.98. The summed E-state index contributed by atoms with van der Waals surface area (Å²) in [5.74, 6) is 0.236. The van der Waals surface area contributed by atoms with Gasteiger partial charge >= 0.3 is 6.09 Å². The van der Waals surface area contributed by atoms with Gasteiger partial charge in [-0.3, -0.25) is 15.0 Å². The molecule has 0 bridgehead atoms. The molecule has 0 unspecified atom stereocenters. The fourth-order valence-corrected chi connectivity index (χ4v) is 4.18. The van der Waals surface area contributed by atoms with Gasteiger partial charge in [-0.25, -0.2) is 9.79 Å². The fourth-order valence-electron chi connectivity index (χ4n) is 3.37. The third-order valence-corrected chi connectivity index (χ3v) is 6.28. The molecule has 7 nitrogen and oxygen atoms in total. The predicted octanol–water partition coefficient (Wildman–Crippen LogP) is 7.99. The Morgan fingerprint density at radius 3 is 2.29 bits per heavy atom. The van der Waals surface area contributed by atoms with Gasteiger partial charge in [0.2, 0.25) is 5.96 Å². The van der Waals surface area contributed by atoms with Crippen LogP contribution in [-0.2, 0) is 11.3 Å². The number of benzene rings is 2. The minimum absolute atomic E-state index is 0.236. The SMILES string of the molecule is CC(C)(C)OC(=O)NC(=NCc1cnc(-c2ccc(Cl)cc2)c(-c2ccc(Cl)cc2)c1)NSc1ccoc1. The summed E-state index contributed by atoms with van der Waals surface area (Å²) < 4.78 is 13.5. The van der Waals surface area contributed by atoms with Gasteiger partial charge in [0.25, 0.3) is 0 Å². The highest BCUT2D eigenvalue weighted by atomic mass is 35.5. The van der Waals surface area contributed by atoms with E-state index >= 15 is 0 Å². The van der Waals surface area contributed by atoms with Crippen LogP contribution in [0.25, 0.3) is 22.4 Å². The zero-order chi connectivity index (χ0) is 27.1. The first-order valence-corrected chi connectivity index (χ1v) is 13.2. The number of aliphatic imine (C=N–C) groups is 1. The monoisotopic (exact) mass is 568 g/mol. The van der Waals surface area contributed by atoms with E-state index in [2.05, 4.69) is 15.0 Å². The predicted molar refractivity (Wildman–Crippen MR) is 153 cm³/mol. The zero-order valence-electron chi connectivity index (χ0n) is 21.0. The van der Waals surface area contributed by atoms with E-state index in [4.69, 9.17) is 37.3 Å². The van der Waals surface area contributed by atoms with E-state index in [-0.39, 0.29) is 12.5 Å². The second kappa shape index (κ2) is 12.4. The molecule has 0 aliphatic rings. The van der Waals surface area contributed by atoms with Gasteiger partial charge < -0.3 is 9.15 Å². The number of amides is 1. The fraction of sp³-hybridized carbons (Fsp3) is 0.179. The van der Waals surface area contributed by atoms with Crippen LogP contribution >= 0.6 is 35.1 Å². The highest BCUT2D eigenvalue weighted by Gasteiger charge is 2.18. The number of pyridine rings is 1. The van der Waals surface area contributed by atoms with E-state index in [0.29, 0.717) is 10.0 Å². The molecule has 0 aliphatic carbocycles. The molecule has 0 saturated carbocycles. The lowest BCUT2D eigenvalue weighted by Crippen LogP contribution is -2.41. The lowest BCUT2D eigenvalue weighted by Gasteiger charge is -2.20. The average Bonchev–Trinajstić information content (AvgIpc) is 3.39. The molecule has 2 heterocycles. The smallest absolute Gasteiger partial charge is 0.414 e. The summed E-state index contributed by atoms with van der Waals surface area (Å²) in [6.45, 7) is 5.63. The van der Waals surface area contributed by atoms with Crippen LogP contribution in [0, 0.1) is 0 Å². The van der Waals surface area contributed by atoms with Gasteiger partial charge in [0.05, 0.1) is 23.4 Å². The number of aromatic nitrogens is 1. The van der Waals surface area contributed by atoms with Gasteiger partial charge in [-0.05, 0) is 80.2 Å². The van der Waals surface area contributed by atoms with E-state index in [1.807, 2.05) is 54.6 Å². The van der Waals surface area contributed by atoms with Crippen LogP contribution in [0.4, 0.5) is 4.79 Å². The van der Waals surface area contributed by atoms with Gasteiger partial charge in [-0.1, -0.05) is 47.5 Å². The van der Waals surface area contributed by atoms with Crippen molar-refractivity contribution < 1.29 is 13.9 Å². The number of nitrogens with one attached hydrogen (secondary N) is 2. The van der Waals surface area contributed by atoms with E-state index in [1.54, 1.807) is 45.6 Å². The van der Waals surface area contributed by atoms with Crippen molar-refractivity contribution in [1.82, 2.24) is 15.0 Å². The minimum Gasteiger partial charge on any atom is -0.471 e. The highest BCUT2D eigenvalue weighted by molar-refractivity contribution is 7.98. The summed E-state index contributed by atoms with van der Waals surface area (Å²) in [4.78, 5) is 22.6. The van der Waals surface area contributed by atoms with E-state index in [0.717, 1.165) is 32.8 Å². The van der Waals surface area contributed by atoms with Crippen molar-refractivity contribution >= 4 is 47.2 Å². The maximum atomic E-state index is 12.4. The molecule has 2 N–H and O–H groups in total. The van der Waals surface area contributed by atoms with Crippen molar-refractivity contribution in [2.45, 2.75) is 37.8 Å². The van der Waals surface area contributed by atoms with Crippen LogP contribution < -0.4 is 10.0 Å². The number of nitrogens with zero attached hydrogens (tertiary/aromatic N) is 2. The third kappa shape index (κ3) is 8.02. The molecule has 196 valence electrons. The van der Waals surface area contributed by atoms with Gasteiger partial charge in [-0.2, -0.15) is 0 Å². The Bertz CT molecular complexity index is 1400. The van der Waals surface area contributed by atoms with Crippen molar-refractivity contribution in [2.75, 3.05) is 0 Å². The molecule has 10 heteroatoms. The van der Waals surface area contributed by atoms with Crippen molar-refractivity contribution in [3.05, 3.63) is 95.0 Å². The summed E-state index contributed by atoms with van der Waals surface area (Å²) in [5.41, 5.74) is 3.79. The normalized spacial score (nSPS) is 11.8. The van der Waals surface area contributed by atoms with Crippen LogP contribution in [-0.4, -0.2) is 22.6 Å². The molecule has 4 aromatic rings. The first kappa shape index (κ1) is 27.6. The van der Waals surface area contributed by atoms with E-state index in [1.165, 1.54) is 11.9 Å². The van der Waals surface area contributed by atoms with Crippen molar-refractivity contribution in [2.24, 2.45) is 4.99 Å². The standard InChI is InChI=1S/C28H26Cl2N4O3S/c1-28(2,3)37-27(35)33-26(34-38-23-12-13-36-17-23)32-16-18-14-24(19-4-8-21(29)9-5-19)25(31-15-18)20-6-10-22(30)11-7-20/h4-15,17H,16H2,1-3H3,(H2,32,33,34,35). The molecule has 4 rings (SSSR count). The molecular weight excluding hydrogens is 543 g/mol. The summed E-state index contributed by atoms with van der Waals surface area (Å²) in [7, 11) is 0. The second-order valence-electron chi connectivity index (χ2n) is 9.21. The number of alkyl carbamates (subject to hydrolysis) is 1. The van der Waals surface area contributed by atoms with Crippen LogP contribution in [0.3, 0.4) is 0 Å². The number of guanidine groups is 1. The van der Waals surface area contributed by atoms with Gasteiger partial charge in [0.15, 0.2) is 0 Å². The quantitative estimate of drug-likeness (QED) is 0.139. The summed E-state index contributed by atoms with van der Waals surface area (Å²) >= 11 is 13.5. The summed E-state index contributed by atoms with van der Waals surface area (Å²) in [6.07, 6.45) is 4.30. The number of ether oxygens (including phenoxy) is 1. The first-order chi connectivity index (χ1) is 18.2. The maximum absolute atomic E-state index is 12.4. The van der Waals surface area contributed by atoms with Crippen molar-refractivity contribution in [3.63, 3.8) is 0 Å². The summed E-state index contributed by atoms with van der Waals surface area (Å²) in [5, 5.41) is 3.98. The average molecular weight is 570 g/mol. The van der Waals surface area contributed by atoms with Crippen molar-refractivity contribution in [1.29, 1.82) is 0 Å². The van der Waals surface area contributed by atoms with Crippen LogP contribution in [0.2, 0.25) is 10.0 Å². The van der Waals surface area contributed by atoms with Crippen LogP contribution in [0.15, 0.2) is 93.7 Å². The number of hydrogen-bond donors (Lipinski definition) is 2. The third-order valence-electron chi connectivity index (χ3n) is 5.02. The minimum atomic E-state index is -0.651. The van der Waals surface area contributed by atoms with Crippen molar-refractivity contribution in [3.8, 4) is 22.4 Å². The Hall–Kier alpha value is -3.46. The topological polar surface area (TPSA) is 88.8 Å². The Morgan fingerprint density at radius 2 is 1.68 bits per heavy atom. The molecule has 0 aliphatic heterocycles. The number of halogens is 2. The zero-order valence-corrected chi connectivity index (χ0v) is 23.3. The number of hydrogen-bond acceptors (Lipinski definition) is 6. The molecule has 0 saturated heterocycles. The Labute approximate surface area is 235 Å². The molecule has 0 atom stereocenters. The van der Waals surface area contributed by atoms with E-state index in [9.17, 15) is 4.79 Å². The molecule has 0 spiro atoms. The largest absolute Gasteiger partial charge is 0.471 e. The lowest BCUT2D eigenvalue weighted by molar-refractivity contribution is 0.0562. The molecule has 1 amide bonds. The first-order valence-electron chi connectivity index (χ1n) is 11.7. The Kier molecular flexibility index (Phi) is 8.99. The molecular formula is C28H26Cl2N4O3S. The maximum Gasteiger partial charge on any atom is 0.414 e. The van der Waals surface area contributed by atoms with E-state index < -0.39 is 11.7 Å². The number of rotatable bonds is 6. The highest BCUT2D eigenvalue weighted by Crippen LogP contribution is 2.32. The molecule has 2 aromatic carbocycles. The Balaban J connectivity index is 1.63. The molecule has 0 radical (unpaired) electrons. The van der Waals surface area contributed by atoms with Gasteiger partial charge in [0.1, 0.15) is 11.9 Å². The summed E-state index contributed by atoms with van der Waals surface area (Å²) in [6, 6.07) is 18.9. The van der Waals surface area contributed by atoms with Gasteiger partial charge in [-0.15, -0.1) is 0 Å². The molecule has 2 aromatic heterocycles. The number of carbonyl (C=O) groups is 1. The van der Waals surface area contributed by atoms with Crippen LogP contribution in [0.1, 0.15) is 26.3 Å². The Morgan fingerprint density at radius 1 is 1.03 bits per heavy atom. The second-order valence-corrected chi connectivity index (χ2v) is 11.0. The number of furan rings is 1. The number of carbonyl (C=O) groups excluding carboxylic acids is 1. The molecule has 0 fully saturated rings. The van der Waals surface area contributed by atoms with Gasteiger partial charge in [0, 0.05) is 27.4 Å². The van der Waals surface area contributed by atoms with Crippen LogP contribution in [0.5, 0.6) is 0 Å². The molecule has 38 heavy (non-hydrogen) atoms.